The van der Waals surface area contributed by atoms with Crippen LogP contribution in [-0.2, 0) is 22.4 Å². The summed E-state index contributed by atoms with van der Waals surface area (Å²) in [5, 5.41) is 0. The van der Waals surface area contributed by atoms with Gasteiger partial charge in [0.05, 0.1) is 12.2 Å². The van der Waals surface area contributed by atoms with Gasteiger partial charge in [-0.1, -0.05) is 0 Å². The van der Waals surface area contributed by atoms with E-state index in [1.807, 2.05) is 0 Å². The molecule has 1 aliphatic heterocycles. The normalized spacial score (nSPS) is 14.2. The van der Waals surface area contributed by atoms with E-state index in [0.29, 0.717) is 13.0 Å². The van der Waals surface area contributed by atoms with Crippen LogP contribution in [0, 0.1) is 5.82 Å². The van der Waals surface area contributed by atoms with Crippen LogP contribution < -0.4 is 0 Å². The summed E-state index contributed by atoms with van der Waals surface area (Å²) in [5.74, 6) is -1.28. The van der Waals surface area contributed by atoms with Crippen LogP contribution in [0.4, 0.5) is 9.18 Å². The Morgan fingerprint density at radius 3 is 2.57 bits per heavy atom. The Labute approximate surface area is 135 Å². The van der Waals surface area contributed by atoms with Crippen molar-refractivity contribution in [3.8, 4) is 0 Å². The molecule has 1 heterocycles. The molecule has 0 aromatic heterocycles. The van der Waals surface area contributed by atoms with E-state index in [2.05, 4.69) is 0 Å². The number of fused-ring (bicyclic) bond motifs is 1. The highest BCUT2D eigenvalue weighted by Gasteiger charge is 2.27. The lowest BCUT2D eigenvalue weighted by atomic mass is 9.97. The molecule has 2 rings (SSSR count). The number of halogens is 1. The molecule has 1 aliphatic rings. The Morgan fingerprint density at radius 2 is 1.96 bits per heavy atom. The van der Waals surface area contributed by atoms with E-state index in [9.17, 15) is 14.0 Å². The molecule has 23 heavy (non-hydrogen) atoms. The van der Waals surface area contributed by atoms with Gasteiger partial charge < -0.3 is 14.4 Å². The number of esters is 1. The van der Waals surface area contributed by atoms with Gasteiger partial charge in [0.15, 0.2) is 0 Å². The van der Waals surface area contributed by atoms with Gasteiger partial charge in [0, 0.05) is 13.1 Å². The quantitative estimate of drug-likeness (QED) is 0.784. The third-order valence-electron chi connectivity index (χ3n) is 3.45. The van der Waals surface area contributed by atoms with Crippen molar-refractivity contribution in [1.82, 2.24) is 4.90 Å². The molecule has 0 N–H and O–H groups in total. The van der Waals surface area contributed by atoms with Gasteiger partial charge in [-0.3, -0.25) is 0 Å². The SMILES string of the molecule is CCOC(=O)c1cc2c(cc1F)CCN(C(=O)OC(C)(C)C)C2. The fourth-order valence-electron chi connectivity index (χ4n) is 2.43. The average molecular weight is 323 g/mol. The number of carbonyl (C=O) groups excluding carboxylic acids is 2. The van der Waals surface area contributed by atoms with Crippen molar-refractivity contribution in [2.75, 3.05) is 13.2 Å². The van der Waals surface area contributed by atoms with E-state index in [1.54, 1.807) is 32.6 Å². The van der Waals surface area contributed by atoms with Crippen LogP contribution in [0.25, 0.3) is 0 Å². The fourth-order valence-corrected chi connectivity index (χ4v) is 2.43. The molecule has 0 unspecified atom stereocenters. The summed E-state index contributed by atoms with van der Waals surface area (Å²) in [6, 6.07) is 2.83. The molecular weight excluding hydrogens is 301 g/mol. The Bertz CT molecular complexity index is 622. The Kier molecular flexibility index (Phi) is 4.92. The van der Waals surface area contributed by atoms with Gasteiger partial charge in [-0.25, -0.2) is 14.0 Å². The first-order valence-corrected chi connectivity index (χ1v) is 7.67. The molecule has 6 heteroatoms. The number of hydrogen-bond donors (Lipinski definition) is 0. The highest BCUT2D eigenvalue weighted by atomic mass is 19.1. The predicted molar refractivity (Wildman–Crippen MR) is 82.7 cm³/mol. The number of carbonyl (C=O) groups is 2. The molecule has 0 saturated heterocycles. The summed E-state index contributed by atoms with van der Waals surface area (Å²) < 4.78 is 24.2. The molecule has 0 aliphatic carbocycles. The van der Waals surface area contributed by atoms with E-state index in [1.165, 1.54) is 12.1 Å². The van der Waals surface area contributed by atoms with Crippen LogP contribution in [0.2, 0.25) is 0 Å². The molecule has 1 amide bonds. The van der Waals surface area contributed by atoms with Crippen molar-refractivity contribution < 1.29 is 23.5 Å². The summed E-state index contributed by atoms with van der Waals surface area (Å²) in [4.78, 5) is 25.5. The second-order valence-corrected chi connectivity index (χ2v) is 6.47. The highest BCUT2D eigenvalue weighted by molar-refractivity contribution is 5.90. The summed E-state index contributed by atoms with van der Waals surface area (Å²) >= 11 is 0. The van der Waals surface area contributed by atoms with Gasteiger partial charge in [-0.2, -0.15) is 0 Å². The van der Waals surface area contributed by atoms with E-state index in [4.69, 9.17) is 9.47 Å². The standard InChI is InChI=1S/C17H22FNO4/c1-5-22-15(20)13-8-12-10-19(16(21)23-17(2,3)4)7-6-11(12)9-14(13)18/h8-9H,5-7,10H2,1-4H3. The second kappa shape index (κ2) is 6.56. The van der Waals surface area contributed by atoms with Crippen molar-refractivity contribution in [3.63, 3.8) is 0 Å². The van der Waals surface area contributed by atoms with Gasteiger partial charge in [-0.15, -0.1) is 0 Å². The maximum atomic E-state index is 14.0. The van der Waals surface area contributed by atoms with Crippen molar-refractivity contribution in [2.24, 2.45) is 0 Å². The van der Waals surface area contributed by atoms with Gasteiger partial charge >= 0.3 is 12.1 Å². The van der Waals surface area contributed by atoms with Crippen molar-refractivity contribution >= 4 is 12.1 Å². The van der Waals surface area contributed by atoms with Gasteiger partial charge in [0.2, 0.25) is 0 Å². The summed E-state index contributed by atoms with van der Waals surface area (Å²) in [6.07, 6.45) is 0.111. The zero-order valence-electron chi connectivity index (χ0n) is 13.9. The number of hydrogen-bond acceptors (Lipinski definition) is 4. The minimum Gasteiger partial charge on any atom is -0.462 e. The van der Waals surface area contributed by atoms with Crippen LogP contribution in [0.3, 0.4) is 0 Å². The van der Waals surface area contributed by atoms with Crippen LogP contribution in [0.1, 0.15) is 49.2 Å². The Morgan fingerprint density at radius 1 is 1.26 bits per heavy atom. The zero-order chi connectivity index (χ0) is 17.2. The largest absolute Gasteiger partial charge is 0.462 e. The van der Waals surface area contributed by atoms with Gasteiger partial charge in [0.1, 0.15) is 11.4 Å². The monoisotopic (exact) mass is 323 g/mol. The third kappa shape index (κ3) is 4.21. The highest BCUT2D eigenvalue weighted by Crippen LogP contribution is 2.24. The van der Waals surface area contributed by atoms with Crippen LogP contribution in [0.5, 0.6) is 0 Å². The lowest BCUT2D eigenvalue weighted by Crippen LogP contribution is -2.40. The number of ether oxygens (including phenoxy) is 2. The lowest BCUT2D eigenvalue weighted by Gasteiger charge is -2.31. The minimum atomic E-state index is -0.692. The average Bonchev–Trinajstić information content (AvgIpc) is 2.44. The zero-order valence-corrected chi connectivity index (χ0v) is 13.9. The van der Waals surface area contributed by atoms with Crippen molar-refractivity contribution in [2.45, 2.75) is 46.3 Å². The van der Waals surface area contributed by atoms with Gasteiger partial charge in [-0.05, 0) is 57.4 Å². The van der Waals surface area contributed by atoms with Crippen molar-refractivity contribution in [1.29, 1.82) is 0 Å². The lowest BCUT2D eigenvalue weighted by molar-refractivity contribution is 0.0224. The molecule has 0 saturated carbocycles. The summed E-state index contributed by atoms with van der Waals surface area (Å²) in [7, 11) is 0. The molecule has 126 valence electrons. The first-order valence-electron chi connectivity index (χ1n) is 7.67. The maximum absolute atomic E-state index is 14.0. The van der Waals surface area contributed by atoms with Crippen LogP contribution in [0.15, 0.2) is 12.1 Å². The predicted octanol–water partition coefficient (Wildman–Crippen LogP) is 3.30. The molecular formula is C17H22FNO4. The smallest absolute Gasteiger partial charge is 0.410 e. The number of amides is 1. The van der Waals surface area contributed by atoms with E-state index < -0.39 is 23.5 Å². The first-order chi connectivity index (χ1) is 10.7. The number of nitrogens with zero attached hydrogens (tertiary/aromatic N) is 1. The van der Waals surface area contributed by atoms with Crippen LogP contribution >= 0.6 is 0 Å². The summed E-state index contributed by atoms with van der Waals surface area (Å²) in [5.41, 5.74) is 0.870. The number of rotatable bonds is 2. The summed E-state index contributed by atoms with van der Waals surface area (Å²) in [6.45, 7) is 8.00. The number of benzene rings is 1. The van der Waals surface area contributed by atoms with Crippen molar-refractivity contribution in [3.05, 3.63) is 34.6 Å². The fraction of sp³-hybridized carbons (Fsp3) is 0.529. The molecule has 1 aromatic carbocycles. The Hall–Kier alpha value is -2.11. The van der Waals surface area contributed by atoms with E-state index >= 15 is 0 Å². The maximum Gasteiger partial charge on any atom is 0.410 e. The molecule has 0 spiro atoms. The van der Waals surface area contributed by atoms with Gasteiger partial charge in [0.25, 0.3) is 0 Å². The Balaban J connectivity index is 2.21. The third-order valence-corrected chi connectivity index (χ3v) is 3.45. The van der Waals surface area contributed by atoms with E-state index in [0.717, 1.165) is 11.1 Å². The molecule has 0 fully saturated rings. The molecule has 0 atom stereocenters. The molecule has 0 radical (unpaired) electrons. The molecule has 1 aromatic rings. The van der Waals surface area contributed by atoms with E-state index in [-0.39, 0.29) is 18.7 Å². The van der Waals surface area contributed by atoms with Crippen LogP contribution in [-0.4, -0.2) is 35.7 Å². The molecule has 0 bridgehead atoms. The first kappa shape index (κ1) is 17.2. The second-order valence-electron chi connectivity index (χ2n) is 6.47. The minimum absolute atomic E-state index is 0.100. The topological polar surface area (TPSA) is 55.8 Å². The molecule has 5 nitrogen and oxygen atoms in total.